The molecule has 72 valence electrons. The van der Waals surface area contributed by atoms with Crippen LogP contribution in [-0.2, 0) is 6.42 Å². The van der Waals surface area contributed by atoms with Crippen molar-refractivity contribution in [2.45, 2.75) is 33.1 Å². The summed E-state index contributed by atoms with van der Waals surface area (Å²) < 4.78 is 0. The van der Waals surface area contributed by atoms with Gasteiger partial charge >= 0.3 is 0 Å². The van der Waals surface area contributed by atoms with Gasteiger partial charge in [-0.2, -0.15) is 0 Å². The monoisotopic (exact) mass is 178 g/mol. The third kappa shape index (κ3) is 3.10. The maximum atomic E-state index is 9.50. The van der Waals surface area contributed by atoms with Crippen molar-refractivity contribution in [3.8, 4) is 5.75 Å². The molecule has 0 bridgehead atoms. The molecule has 1 aromatic carbocycles. The summed E-state index contributed by atoms with van der Waals surface area (Å²) in [5, 5.41) is 9.50. The van der Waals surface area contributed by atoms with Crippen LogP contribution in [0.25, 0.3) is 0 Å². The quantitative estimate of drug-likeness (QED) is 0.749. The molecule has 0 unspecified atom stereocenters. The van der Waals surface area contributed by atoms with Gasteiger partial charge in [0.15, 0.2) is 0 Å². The summed E-state index contributed by atoms with van der Waals surface area (Å²) in [6.07, 6.45) is 3.36. The molecular formula is C12H18O. The normalized spacial score (nSPS) is 12.8. The van der Waals surface area contributed by atoms with Crippen LogP contribution in [0.3, 0.4) is 0 Å². The molecule has 1 N–H and O–H groups in total. The van der Waals surface area contributed by atoms with E-state index in [9.17, 15) is 5.11 Å². The van der Waals surface area contributed by atoms with Crippen LogP contribution in [0.15, 0.2) is 24.3 Å². The fourth-order valence-electron chi connectivity index (χ4n) is 1.33. The van der Waals surface area contributed by atoms with E-state index in [0.717, 1.165) is 24.3 Å². The highest BCUT2D eigenvalue weighted by molar-refractivity contribution is 5.31. The van der Waals surface area contributed by atoms with Gasteiger partial charge in [0.1, 0.15) is 5.75 Å². The fourth-order valence-corrected chi connectivity index (χ4v) is 1.33. The van der Waals surface area contributed by atoms with Crippen molar-refractivity contribution in [1.82, 2.24) is 0 Å². The standard InChI is InChI=1S/C12H18O/c1-3-10(2)8-9-11-6-4-5-7-12(11)13/h4-7,10,13H,3,8-9H2,1-2H3/t10-/m1/s1. The summed E-state index contributed by atoms with van der Waals surface area (Å²) in [5.41, 5.74) is 1.07. The SMILES string of the molecule is CC[C@@H](C)CCc1ccccc1O. The molecule has 1 heteroatoms. The smallest absolute Gasteiger partial charge is 0.118 e. The number of phenols is 1. The second-order valence-corrected chi connectivity index (χ2v) is 3.68. The topological polar surface area (TPSA) is 20.2 Å². The van der Waals surface area contributed by atoms with Crippen LogP contribution in [0.5, 0.6) is 5.75 Å². The molecule has 0 spiro atoms. The van der Waals surface area contributed by atoms with Gasteiger partial charge in [0.05, 0.1) is 0 Å². The highest BCUT2D eigenvalue weighted by atomic mass is 16.3. The van der Waals surface area contributed by atoms with Gasteiger partial charge in [-0.25, -0.2) is 0 Å². The minimum atomic E-state index is 0.436. The van der Waals surface area contributed by atoms with Gasteiger partial charge in [-0.15, -0.1) is 0 Å². The Kier molecular flexibility index (Phi) is 3.81. The Balaban J connectivity index is 2.50. The first-order chi connectivity index (χ1) is 6.24. The number of phenolic OH excluding ortho intramolecular Hbond substituents is 1. The highest BCUT2D eigenvalue weighted by Crippen LogP contribution is 2.19. The van der Waals surface area contributed by atoms with Crippen LogP contribution in [0.1, 0.15) is 32.3 Å². The Morgan fingerprint density at radius 2 is 2.00 bits per heavy atom. The molecule has 0 heterocycles. The number of hydrogen-bond acceptors (Lipinski definition) is 1. The van der Waals surface area contributed by atoms with Gasteiger partial charge in [0, 0.05) is 0 Å². The number of hydrogen-bond donors (Lipinski definition) is 1. The van der Waals surface area contributed by atoms with Gasteiger partial charge in [-0.05, 0) is 30.4 Å². The number of para-hydroxylation sites is 1. The molecule has 1 nitrogen and oxygen atoms in total. The van der Waals surface area contributed by atoms with Crippen LogP contribution < -0.4 is 0 Å². The highest BCUT2D eigenvalue weighted by Gasteiger charge is 2.02. The third-order valence-electron chi connectivity index (χ3n) is 2.60. The lowest BCUT2D eigenvalue weighted by Gasteiger charge is -2.08. The van der Waals surface area contributed by atoms with Crippen LogP contribution in [0.4, 0.5) is 0 Å². The van der Waals surface area contributed by atoms with E-state index in [1.165, 1.54) is 6.42 Å². The van der Waals surface area contributed by atoms with Gasteiger partial charge in [0.2, 0.25) is 0 Å². The first-order valence-corrected chi connectivity index (χ1v) is 5.01. The fraction of sp³-hybridized carbons (Fsp3) is 0.500. The Hall–Kier alpha value is -0.980. The molecule has 0 saturated carbocycles. The average Bonchev–Trinajstić information content (AvgIpc) is 2.16. The Morgan fingerprint density at radius 3 is 2.62 bits per heavy atom. The predicted molar refractivity (Wildman–Crippen MR) is 55.9 cm³/mol. The maximum Gasteiger partial charge on any atom is 0.118 e. The second-order valence-electron chi connectivity index (χ2n) is 3.68. The largest absolute Gasteiger partial charge is 0.508 e. The number of benzene rings is 1. The second kappa shape index (κ2) is 4.90. The van der Waals surface area contributed by atoms with E-state index < -0.39 is 0 Å². The van der Waals surface area contributed by atoms with Crippen molar-refractivity contribution >= 4 is 0 Å². The van der Waals surface area contributed by atoms with Gasteiger partial charge in [-0.1, -0.05) is 38.5 Å². The van der Waals surface area contributed by atoms with E-state index in [-0.39, 0.29) is 0 Å². The minimum absolute atomic E-state index is 0.436. The zero-order valence-electron chi connectivity index (χ0n) is 8.46. The molecule has 1 aromatic rings. The van der Waals surface area contributed by atoms with Crippen LogP contribution >= 0.6 is 0 Å². The van der Waals surface area contributed by atoms with Gasteiger partial charge in [-0.3, -0.25) is 0 Å². The molecule has 0 aliphatic heterocycles. The first kappa shape index (κ1) is 10.1. The Labute approximate surface area is 80.4 Å². The lowest BCUT2D eigenvalue weighted by Crippen LogP contribution is -1.95. The summed E-state index contributed by atoms with van der Waals surface area (Å²) in [7, 11) is 0. The molecule has 1 atom stereocenters. The van der Waals surface area contributed by atoms with Crippen molar-refractivity contribution in [1.29, 1.82) is 0 Å². The van der Waals surface area contributed by atoms with E-state index in [2.05, 4.69) is 13.8 Å². The van der Waals surface area contributed by atoms with E-state index in [1.807, 2.05) is 18.2 Å². The summed E-state index contributed by atoms with van der Waals surface area (Å²) >= 11 is 0. The van der Waals surface area contributed by atoms with Crippen molar-refractivity contribution < 1.29 is 5.11 Å². The first-order valence-electron chi connectivity index (χ1n) is 5.01. The lowest BCUT2D eigenvalue weighted by atomic mass is 9.99. The van der Waals surface area contributed by atoms with Crippen molar-refractivity contribution in [3.05, 3.63) is 29.8 Å². The molecule has 1 rings (SSSR count). The van der Waals surface area contributed by atoms with E-state index in [1.54, 1.807) is 6.07 Å². The summed E-state index contributed by atoms with van der Waals surface area (Å²) in [4.78, 5) is 0. The molecule has 0 aliphatic carbocycles. The van der Waals surface area contributed by atoms with Gasteiger partial charge < -0.3 is 5.11 Å². The maximum absolute atomic E-state index is 9.50. The number of aromatic hydroxyl groups is 1. The summed E-state index contributed by atoms with van der Waals surface area (Å²) in [5.74, 6) is 1.19. The average molecular weight is 178 g/mol. The van der Waals surface area contributed by atoms with Crippen LogP contribution in [-0.4, -0.2) is 5.11 Å². The Bertz CT molecular complexity index is 255. The molecule has 0 aliphatic rings. The lowest BCUT2D eigenvalue weighted by molar-refractivity contribution is 0.458. The summed E-state index contributed by atoms with van der Waals surface area (Å²) in [6.45, 7) is 4.45. The molecule has 0 fully saturated rings. The minimum Gasteiger partial charge on any atom is -0.508 e. The molecule has 0 amide bonds. The van der Waals surface area contributed by atoms with Crippen molar-refractivity contribution in [2.75, 3.05) is 0 Å². The van der Waals surface area contributed by atoms with Crippen molar-refractivity contribution in [3.63, 3.8) is 0 Å². The molecular weight excluding hydrogens is 160 g/mol. The molecule has 0 saturated heterocycles. The third-order valence-corrected chi connectivity index (χ3v) is 2.60. The summed E-state index contributed by atoms with van der Waals surface area (Å²) in [6, 6.07) is 7.59. The predicted octanol–water partition coefficient (Wildman–Crippen LogP) is 3.37. The Morgan fingerprint density at radius 1 is 1.31 bits per heavy atom. The molecule has 0 radical (unpaired) electrons. The number of aryl methyl sites for hydroxylation is 1. The van der Waals surface area contributed by atoms with E-state index in [0.29, 0.717) is 5.75 Å². The number of rotatable bonds is 4. The molecule has 13 heavy (non-hydrogen) atoms. The van der Waals surface area contributed by atoms with Crippen molar-refractivity contribution in [2.24, 2.45) is 5.92 Å². The van der Waals surface area contributed by atoms with E-state index >= 15 is 0 Å². The zero-order chi connectivity index (χ0) is 9.68. The zero-order valence-corrected chi connectivity index (χ0v) is 8.46. The van der Waals surface area contributed by atoms with Crippen LogP contribution in [0.2, 0.25) is 0 Å². The molecule has 0 aromatic heterocycles. The van der Waals surface area contributed by atoms with Gasteiger partial charge in [0.25, 0.3) is 0 Å². The van der Waals surface area contributed by atoms with Crippen LogP contribution in [0, 0.1) is 5.92 Å². The van der Waals surface area contributed by atoms with E-state index in [4.69, 9.17) is 0 Å².